The maximum absolute atomic E-state index is 13.3. The van der Waals surface area contributed by atoms with Gasteiger partial charge in [0.2, 0.25) is 0 Å². The van der Waals surface area contributed by atoms with Gasteiger partial charge >= 0.3 is 11.9 Å². The molecule has 0 saturated carbocycles. The number of allylic oxidation sites excluding steroid dienone is 1. The molecule has 1 heterocycles. The average molecular weight is 702 g/mol. The second-order valence-corrected chi connectivity index (χ2v) is 14.0. The van der Waals surface area contributed by atoms with Crippen LogP contribution in [-0.2, 0) is 38.9 Å². The maximum atomic E-state index is 13.3. The Morgan fingerprint density at radius 1 is 0.894 bits per heavy atom. The molecule has 250 valence electrons. The summed E-state index contributed by atoms with van der Waals surface area (Å²) in [4.78, 5) is 36.7. The van der Waals surface area contributed by atoms with E-state index in [1.165, 1.54) is 6.92 Å². The molecule has 0 amide bonds. The third-order valence-electron chi connectivity index (χ3n) is 7.99. The molecule has 0 radical (unpaired) electrons. The van der Waals surface area contributed by atoms with E-state index in [1.54, 1.807) is 13.0 Å². The van der Waals surface area contributed by atoms with Gasteiger partial charge in [-0.2, -0.15) is 0 Å². The van der Waals surface area contributed by atoms with E-state index >= 15 is 0 Å². The molecule has 1 aliphatic heterocycles. The summed E-state index contributed by atoms with van der Waals surface area (Å²) in [6, 6.07) is 29.7. The topological polar surface area (TPSA) is 88.1 Å². The number of alkyl halides is 3. The van der Waals surface area contributed by atoms with Crippen LogP contribution in [0.15, 0.2) is 103 Å². The van der Waals surface area contributed by atoms with Crippen molar-refractivity contribution >= 4 is 53.0 Å². The molecule has 0 N–H and O–H groups in total. The van der Waals surface area contributed by atoms with Crippen molar-refractivity contribution in [2.24, 2.45) is 0 Å². The standard InChI is InChI=1S/C37H39Cl3O7/c1-26(13-12-21-36(38,39)40)32(45-27(2)42)24-35(43)47-33-23-31(20-22-41)46-34(33)25-44-37(28-14-6-3-7-15-28,29-16-8-4-9-17-29)30-18-10-5-11-19-30/h3-11,13-19,22,31-34H,12,20-21,23-25H2,1-2H3/b26-13-/t31-,32-,33-,34-/m1/s1. The molecule has 3 aromatic carbocycles. The lowest BCUT2D eigenvalue weighted by atomic mass is 9.80. The zero-order valence-electron chi connectivity index (χ0n) is 26.4. The van der Waals surface area contributed by atoms with E-state index in [2.05, 4.69) is 0 Å². The Hall–Kier alpha value is -3.20. The number of aldehydes is 1. The number of benzene rings is 3. The summed E-state index contributed by atoms with van der Waals surface area (Å²) in [7, 11) is 0. The van der Waals surface area contributed by atoms with E-state index in [0.717, 1.165) is 23.0 Å². The van der Waals surface area contributed by atoms with Gasteiger partial charge in [0.25, 0.3) is 0 Å². The first kappa shape index (κ1) is 36.6. The highest BCUT2D eigenvalue weighted by Crippen LogP contribution is 2.41. The Kier molecular flexibility index (Phi) is 13.5. The Bertz CT molecular complexity index is 1380. The molecule has 0 unspecified atom stereocenters. The number of halogens is 3. The molecule has 0 aromatic heterocycles. The molecule has 0 aliphatic carbocycles. The first-order valence-electron chi connectivity index (χ1n) is 15.5. The van der Waals surface area contributed by atoms with Gasteiger partial charge in [0.15, 0.2) is 3.79 Å². The van der Waals surface area contributed by atoms with Crippen LogP contribution in [0.25, 0.3) is 0 Å². The van der Waals surface area contributed by atoms with Crippen LogP contribution >= 0.6 is 34.8 Å². The molecule has 4 rings (SSSR count). The van der Waals surface area contributed by atoms with Gasteiger partial charge < -0.3 is 23.7 Å². The van der Waals surface area contributed by atoms with Crippen molar-refractivity contribution in [3.8, 4) is 0 Å². The fourth-order valence-corrected chi connectivity index (χ4v) is 6.09. The molecule has 0 spiro atoms. The predicted octanol–water partition coefficient (Wildman–Crippen LogP) is 8.07. The van der Waals surface area contributed by atoms with Crippen molar-refractivity contribution in [3.63, 3.8) is 0 Å². The van der Waals surface area contributed by atoms with Gasteiger partial charge in [0.05, 0.1) is 19.1 Å². The summed E-state index contributed by atoms with van der Waals surface area (Å²) in [6.45, 7) is 3.06. The minimum absolute atomic E-state index is 0.0509. The van der Waals surface area contributed by atoms with Crippen molar-refractivity contribution < 1.29 is 33.3 Å². The number of hydrogen-bond donors (Lipinski definition) is 0. The van der Waals surface area contributed by atoms with Crippen LogP contribution in [-0.4, -0.2) is 53.0 Å². The summed E-state index contributed by atoms with van der Waals surface area (Å²) >= 11 is 17.6. The predicted molar refractivity (Wildman–Crippen MR) is 182 cm³/mol. The van der Waals surface area contributed by atoms with E-state index in [4.69, 9.17) is 53.8 Å². The molecule has 3 aromatic rings. The fourth-order valence-electron chi connectivity index (χ4n) is 5.77. The second kappa shape index (κ2) is 17.3. The molecule has 1 aliphatic rings. The van der Waals surface area contributed by atoms with Crippen molar-refractivity contribution in [2.75, 3.05) is 6.61 Å². The number of hydrogen-bond acceptors (Lipinski definition) is 7. The first-order chi connectivity index (χ1) is 22.5. The molecule has 47 heavy (non-hydrogen) atoms. The van der Waals surface area contributed by atoms with E-state index in [1.807, 2.05) is 91.0 Å². The SMILES string of the molecule is CC(=O)O[C@H](CC(=O)O[C@@H]1C[C@@H](CC=O)O[C@@H]1COC(c1ccccc1)(c1ccccc1)c1ccccc1)/C(C)=C\CCC(Cl)(Cl)Cl. The molecule has 10 heteroatoms. The van der Waals surface area contributed by atoms with Crippen LogP contribution in [0.5, 0.6) is 0 Å². The first-order valence-corrected chi connectivity index (χ1v) is 16.6. The number of carbonyl (C=O) groups excluding carboxylic acids is 3. The zero-order chi connectivity index (χ0) is 33.9. The monoisotopic (exact) mass is 700 g/mol. The van der Waals surface area contributed by atoms with Crippen LogP contribution in [0.3, 0.4) is 0 Å². The quantitative estimate of drug-likeness (QED) is 0.0521. The summed E-state index contributed by atoms with van der Waals surface area (Å²) < 4.78 is 23.2. The van der Waals surface area contributed by atoms with Crippen LogP contribution in [0.1, 0.15) is 62.6 Å². The molecule has 1 fully saturated rings. The highest BCUT2D eigenvalue weighted by molar-refractivity contribution is 6.67. The van der Waals surface area contributed by atoms with E-state index in [9.17, 15) is 14.4 Å². The van der Waals surface area contributed by atoms with Gasteiger partial charge in [-0.15, -0.1) is 0 Å². The lowest BCUT2D eigenvalue weighted by Crippen LogP contribution is -2.39. The summed E-state index contributed by atoms with van der Waals surface area (Å²) in [5.74, 6) is -1.13. The smallest absolute Gasteiger partial charge is 0.310 e. The van der Waals surface area contributed by atoms with Gasteiger partial charge in [0.1, 0.15) is 30.2 Å². The number of esters is 2. The van der Waals surface area contributed by atoms with Gasteiger partial charge in [-0.05, 0) is 42.0 Å². The zero-order valence-corrected chi connectivity index (χ0v) is 28.6. The van der Waals surface area contributed by atoms with Gasteiger partial charge in [0, 0.05) is 19.8 Å². The lowest BCUT2D eigenvalue weighted by Gasteiger charge is -2.37. The van der Waals surface area contributed by atoms with Crippen LogP contribution in [0.2, 0.25) is 0 Å². The van der Waals surface area contributed by atoms with E-state index < -0.39 is 45.7 Å². The van der Waals surface area contributed by atoms with Crippen molar-refractivity contribution in [1.29, 1.82) is 0 Å². The summed E-state index contributed by atoms with van der Waals surface area (Å²) in [5, 5.41) is 0. The third-order valence-corrected chi connectivity index (χ3v) is 8.55. The second-order valence-electron chi connectivity index (χ2n) is 11.5. The Labute approximate surface area is 291 Å². The highest BCUT2D eigenvalue weighted by Gasteiger charge is 2.43. The molecule has 4 atom stereocenters. The molecule has 7 nitrogen and oxygen atoms in total. The van der Waals surface area contributed by atoms with Crippen molar-refractivity contribution in [1.82, 2.24) is 0 Å². The van der Waals surface area contributed by atoms with Crippen LogP contribution in [0.4, 0.5) is 0 Å². The number of carbonyl (C=O) groups is 3. The average Bonchev–Trinajstić information content (AvgIpc) is 3.42. The Balaban J connectivity index is 1.58. The minimum Gasteiger partial charge on any atom is -0.459 e. The Morgan fingerprint density at radius 3 is 1.89 bits per heavy atom. The molecular formula is C37H39Cl3O7. The highest BCUT2D eigenvalue weighted by atomic mass is 35.6. The normalized spacial score (nSPS) is 19.2. The summed E-state index contributed by atoms with van der Waals surface area (Å²) in [5.41, 5.74) is 2.35. The van der Waals surface area contributed by atoms with E-state index in [-0.39, 0.29) is 25.9 Å². The fraction of sp³-hybridized carbons (Fsp3) is 0.378. The lowest BCUT2D eigenvalue weighted by molar-refractivity contribution is -0.160. The van der Waals surface area contributed by atoms with E-state index in [0.29, 0.717) is 18.4 Å². The molecule has 0 bridgehead atoms. The summed E-state index contributed by atoms with van der Waals surface area (Å²) in [6.07, 6.45) is 0.757. The van der Waals surface area contributed by atoms with Gasteiger partial charge in [-0.1, -0.05) is 132 Å². The molecule has 1 saturated heterocycles. The number of ether oxygens (including phenoxy) is 4. The third kappa shape index (κ3) is 10.4. The van der Waals surface area contributed by atoms with Crippen LogP contribution in [0, 0.1) is 0 Å². The minimum atomic E-state index is -1.43. The maximum Gasteiger partial charge on any atom is 0.310 e. The van der Waals surface area contributed by atoms with Crippen molar-refractivity contribution in [2.45, 2.75) is 79.8 Å². The Morgan fingerprint density at radius 2 is 1.43 bits per heavy atom. The molecular weight excluding hydrogens is 663 g/mol. The van der Waals surface area contributed by atoms with Crippen LogP contribution < -0.4 is 0 Å². The van der Waals surface area contributed by atoms with Gasteiger partial charge in [-0.3, -0.25) is 9.59 Å². The number of rotatable bonds is 15. The van der Waals surface area contributed by atoms with Crippen molar-refractivity contribution in [3.05, 3.63) is 119 Å². The van der Waals surface area contributed by atoms with Gasteiger partial charge in [-0.25, -0.2) is 0 Å². The largest absolute Gasteiger partial charge is 0.459 e.